The summed E-state index contributed by atoms with van der Waals surface area (Å²) in [5, 5.41) is 15.7. The lowest BCUT2D eigenvalue weighted by Gasteiger charge is -2.38. The van der Waals surface area contributed by atoms with E-state index in [2.05, 4.69) is 15.6 Å². The number of sulfonamides is 1. The number of aromatic hydroxyl groups is 1. The van der Waals surface area contributed by atoms with E-state index in [4.69, 9.17) is 0 Å². The first kappa shape index (κ1) is 28.2. The van der Waals surface area contributed by atoms with Crippen molar-refractivity contribution >= 4 is 21.8 Å². The first-order valence-electron chi connectivity index (χ1n) is 13.6. The molecule has 4 aliphatic rings. The number of amides is 2. The molecular formula is C27H34FN5O6S. The Hall–Kier alpha value is -3.32. The Morgan fingerprint density at radius 3 is 2.50 bits per heavy atom. The van der Waals surface area contributed by atoms with Gasteiger partial charge in [0.05, 0.1) is 10.8 Å². The van der Waals surface area contributed by atoms with E-state index < -0.39 is 61.5 Å². The van der Waals surface area contributed by atoms with Crippen LogP contribution < -0.4 is 16.2 Å². The van der Waals surface area contributed by atoms with Gasteiger partial charge in [0.2, 0.25) is 21.7 Å². The lowest BCUT2D eigenvalue weighted by atomic mass is 9.77. The van der Waals surface area contributed by atoms with Gasteiger partial charge in [-0.3, -0.25) is 19.0 Å². The minimum Gasteiger partial charge on any atom is -0.501 e. The Balaban J connectivity index is 1.47. The maximum absolute atomic E-state index is 13.7. The molecule has 216 valence electrons. The minimum atomic E-state index is -3.66. The van der Waals surface area contributed by atoms with Gasteiger partial charge in [-0.05, 0) is 76.0 Å². The summed E-state index contributed by atoms with van der Waals surface area (Å²) in [6.45, 7) is 3.73. The molecule has 2 bridgehead atoms. The fourth-order valence-electron chi connectivity index (χ4n) is 6.02. The topological polar surface area (TPSA) is 151 Å². The van der Waals surface area contributed by atoms with Crippen LogP contribution >= 0.6 is 0 Å². The fraction of sp³-hybridized carbons (Fsp3) is 0.556. The number of aromatic nitrogens is 2. The van der Waals surface area contributed by atoms with Crippen LogP contribution in [0.3, 0.4) is 0 Å². The molecule has 3 aliphatic heterocycles. The van der Waals surface area contributed by atoms with Crippen LogP contribution in [0.15, 0.2) is 29.1 Å². The number of carbonyl (C=O) groups excluding carboxylic acids is 2. The van der Waals surface area contributed by atoms with Gasteiger partial charge in [0, 0.05) is 19.6 Å². The van der Waals surface area contributed by atoms with E-state index in [0.717, 1.165) is 0 Å². The molecule has 4 heterocycles. The molecule has 3 N–H and O–H groups in total. The van der Waals surface area contributed by atoms with Gasteiger partial charge in [-0.1, -0.05) is 12.1 Å². The van der Waals surface area contributed by atoms with Gasteiger partial charge >= 0.3 is 0 Å². The zero-order valence-corrected chi connectivity index (χ0v) is 23.3. The number of benzene rings is 1. The maximum Gasteiger partial charge on any atom is 0.296 e. The summed E-state index contributed by atoms with van der Waals surface area (Å²) in [6, 6.07) is 4.64. The van der Waals surface area contributed by atoms with Crippen LogP contribution in [0.4, 0.5) is 4.39 Å². The van der Waals surface area contributed by atoms with Gasteiger partial charge in [-0.15, -0.1) is 0 Å². The standard InChI is InChI=1S/C27H34FN5O6S/c1-16(2)40(38,39)33-13-3-4-20(33)23(35)31-27-11-9-18(10-12-27)15-32-25(37)22(34)21(30-26(27)32)24(36)29-14-17-5-7-19(28)8-6-17/h5-8,16,18,20,34H,3-4,9-15H2,1-2H3,(H,29,36)(H,31,35). The number of fused-ring (bicyclic) bond motifs is 2. The van der Waals surface area contributed by atoms with Gasteiger partial charge in [0.1, 0.15) is 17.7 Å². The van der Waals surface area contributed by atoms with Gasteiger partial charge in [-0.2, -0.15) is 4.31 Å². The second kappa shape index (κ2) is 10.6. The Labute approximate surface area is 231 Å². The van der Waals surface area contributed by atoms with E-state index in [-0.39, 0.29) is 24.8 Å². The highest BCUT2D eigenvalue weighted by Gasteiger charge is 2.48. The zero-order chi connectivity index (χ0) is 28.8. The van der Waals surface area contributed by atoms with E-state index in [1.807, 2.05) is 0 Å². The number of hydrogen-bond donors (Lipinski definition) is 3. The molecule has 1 aromatic carbocycles. The highest BCUT2D eigenvalue weighted by molar-refractivity contribution is 7.89. The number of halogens is 1. The number of nitrogens with zero attached hydrogens (tertiary/aromatic N) is 3. The minimum absolute atomic E-state index is 0.0183. The maximum atomic E-state index is 13.7. The number of nitrogens with one attached hydrogen (secondary N) is 2. The van der Waals surface area contributed by atoms with Crippen molar-refractivity contribution in [3.63, 3.8) is 0 Å². The third-order valence-corrected chi connectivity index (χ3v) is 10.6. The van der Waals surface area contributed by atoms with Crippen LogP contribution in [0.25, 0.3) is 0 Å². The SMILES string of the molecule is CC(C)S(=O)(=O)N1CCCC1C(=O)NC12CCC(CC1)Cn1c2nc(C(=O)NCc2ccc(F)cc2)c(O)c1=O. The van der Waals surface area contributed by atoms with Crippen LogP contribution in [-0.2, 0) is 33.4 Å². The smallest absolute Gasteiger partial charge is 0.296 e. The third-order valence-electron chi connectivity index (χ3n) is 8.35. The van der Waals surface area contributed by atoms with E-state index >= 15 is 0 Å². The monoisotopic (exact) mass is 575 g/mol. The molecular weight excluding hydrogens is 541 g/mol. The Kier molecular flexibility index (Phi) is 7.47. The predicted molar refractivity (Wildman–Crippen MR) is 143 cm³/mol. The molecule has 0 spiro atoms. The summed E-state index contributed by atoms with van der Waals surface area (Å²) in [4.78, 5) is 44.5. The van der Waals surface area contributed by atoms with E-state index in [1.165, 1.54) is 33.1 Å². The molecule has 40 heavy (non-hydrogen) atoms. The highest BCUT2D eigenvalue weighted by Crippen LogP contribution is 2.43. The van der Waals surface area contributed by atoms with Gasteiger partial charge in [-0.25, -0.2) is 17.8 Å². The molecule has 6 rings (SSSR count). The quantitative estimate of drug-likeness (QED) is 0.455. The van der Waals surface area contributed by atoms with Crippen LogP contribution in [-0.4, -0.2) is 57.0 Å². The van der Waals surface area contributed by atoms with E-state index in [9.17, 15) is 32.3 Å². The Morgan fingerprint density at radius 2 is 1.85 bits per heavy atom. The van der Waals surface area contributed by atoms with Crippen LogP contribution in [0.1, 0.15) is 74.2 Å². The van der Waals surface area contributed by atoms with Crippen molar-refractivity contribution in [3.05, 3.63) is 57.5 Å². The average Bonchev–Trinajstić information content (AvgIpc) is 3.32. The zero-order valence-electron chi connectivity index (χ0n) is 22.5. The van der Waals surface area contributed by atoms with Crippen molar-refractivity contribution in [1.29, 1.82) is 0 Å². The number of rotatable bonds is 7. The second-order valence-electron chi connectivity index (χ2n) is 11.2. The molecule has 1 saturated heterocycles. The normalized spacial score (nSPS) is 24.5. The molecule has 11 nitrogen and oxygen atoms in total. The number of hydrogen-bond acceptors (Lipinski definition) is 7. The summed E-state index contributed by atoms with van der Waals surface area (Å²) in [5.74, 6) is -2.13. The fourth-order valence-corrected chi connectivity index (χ4v) is 7.50. The predicted octanol–water partition coefficient (Wildman–Crippen LogP) is 1.74. The molecule has 0 radical (unpaired) electrons. The molecule has 13 heteroatoms. The van der Waals surface area contributed by atoms with Crippen molar-refractivity contribution in [2.24, 2.45) is 5.92 Å². The van der Waals surface area contributed by atoms with Crippen molar-refractivity contribution in [3.8, 4) is 5.75 Å². The Morgan fingerprint density at radius 1 is 1.18 bits per heavy atom. The van der Waals surface area contributed by atoms with Crippen molar-refractivity contribution < 1.29 is 27.5 Å². The van der Waals surface area contributed by atoms with Crippen molar-refractivity contribution in [2.75, 3.05) is 6.54 Å². The van der Waals surface area contributed by atoms with Crippen molar-refractivity contribution in [2.45, 2.75) is 82.3 Å². The summed E-state index contributed by atoms with van der Waals surface area (Å²) in [5.41, 5.74) is -1.71. The summed E-state index contributed by atoms with van der Waals surface area (Å²) >= 11 is 0. The first-order chi connectivity index (χ1) is 18.9. The molecule has 2 amide bonds. The lowest BCUT2D eigenvalue weighted by molar-refractivity contribution is -0.127. The molecule has 1 aromatic heterocycles. The van der Waals surface area contributed by atoms with E-state index in [1.54, 1.807) is 13.8 Å². The number of carbonyl (C=O) groups is 2. The lowest BCUT2D eigenvalue weighted by Crippen LogP contribution is -2.56. The van der Waals surface area contributed by atoms with Crippen LogP contribution in [0.5, 0.6) is 5.75 Å². The summed E-state index contributed by atoms with van der Waals surface area (Å²) in [6.07, 6.45) is 3.23. The second-order valence-corrected chi connectivity index (χ2v) is 13.7. The molecule has 2 fully saturated rings. The molecule has 1 atom stereocenters. The Bertz CT molecular complexity index is 1480. The molecule has 1 unspecified atom stereocenters. The average molecular weight is 576 g/mol. The van der Waals surface area contributed by atoms with E-state index in [0.29, 0.717) is 50.6 Å². The van der Waals surface area contributed by atoms with Crippen molar-refractivity contribution in [1.82, 2.24) is 24.5 Å². The summed E-state index contributed by atoms with van der Waals surface area (Å²) < 4.78 is 41.7. The largest absolute Gasteiger partial charge is 0.501 e. The third kappa shape index (κ3) is 5.00. The molecule has 1 aliphatic carbocycles. The van der Waals surface area contributed by atoms with Crippen LogP contribution in [0, 0.1) is 11.7 Å². The van der Waals surface area contributed by atoms with Crippen LogP contribution in [0.2, 0.25) is 0 Å². The molecule has 2 aromatic rings. The molecule has 1 saturated carbocycles. The summed E-state index contributed by atoms with van der Waals surface area (Å²) in [7, 11) is -3.66. The van der Waals surface area contributed by atoms with Gasteiger partial charge in [0.15, 0.2) is 5.69 Å². The highest BCUT2D eigenvalue weighted by atomic mass is 32.2. The van der Waals surface area contributed by atoms with Gasteiger partial charge in [0.25, 0.3) is 11.5 Å². The first-order valence-corrected chi connectivity index (χ1v) is 15.1. The van der Waals surface area contributed by atoms with Gasteiger partial charge < -0.3 is 15.7 Å².